The second-order valence-corrected chi connectivity index (χ2v) is 15.3. The molecule has 1 unspecified atom stereocenters. The highest BCUT2D eigenvalue weighted by Crippen LogP contribution is 2.45. The van der Waals surface area contributed by atoms with Crippen molar-refractivity contribution in [3.05, 3.63) is 88.5 Å². The summed E-state index contributed by atoms with van der Waals surface area (Å²) in [6.07, 6.45) is 6.80. The zero-order valence-electron chi connectivity index (χ0n) is 28.6. The second-order valence-electron chi connectivity index (χ2n) is 15.3. The molecule has 1 spiro atoms. The van der Waals surface area contributed by atoms with Gasteiger partial charge in [0.25, 0.3) is 5.91 Å². The van der Waals surface area contributed by atoms with Crippen LogP contribution in [0.3, 0.4) is 0 Å². The molecule has 2 aliphatic carbocycles. The highest BCUT2D eigenvalue weighted by molar-refractivity contribution is 5.94. The lowest BCUT2D eigenvalue weighted by Gasteiger charge is -2.49. The van der Waals surface area contributed by atoms with Crippen molar-refractivity contribution >= 4 is 18.3 Å². The van der Waals surface area contributed by atoms with Crippen molar-refractivity contribution in [1.29, 1.82) is 0 Å². The fourth-order valence-corrected chi connectivity index (χ4v) is 7.39. The van der Waals surface area contributed by atoms with Gasteiger partial charge in [-0.25, -0.2) is 18.0 Å². The fraction of sp³-hybridized carbons (Fsp3) is 0.526. The molecule has 3 heterocycles. The van der Waals surface area contributed by atoms with Gasteiger partial charge in [-0.2, -0.15) is 5.10 Å². The summed E-state index contributed by atoms with van der Waals surface area (Å²) in [5.74, 6) is -4.69. The monoisotopic (exact) mass is 694 g/mol. The summed E-state index contributed by atoms with van der Waals surface area (Å²) in [6, 6.07) is 11.2. The average molecular weight is 695 g/mol. The van der Waals surface area contributed by atoms with Crippen LogP contribution in [0, 0.1) is 22.6 Å². The predicted molar refractivity (Wildman–Crippen MR) is 179 cm³/mol. The molecule has 0 radical (unpaired) electrons. The number of hydrogen-bond donors (Lipinski definition) is 1. The first-order chi connectivity index (χ1) is 23.8. The van der Waals surface area contributed by atoms with Crippen LogP contribution in [0.25, 0.3) is 0 Å². The van der Waals surface area contributed by atoms with Crippen LogP contribution in [-0.4, -0.2) is 81.7 Å². The van der Waals surface area contributed by atoms with Crippen molar-refractivity contribution in [1.82, 2.24) is 19.6 Å². The molecule has 2 saturated carbocycles. The minimum absolute atomic E-state index is 0.0203. The summed E-state index contributed by atoms with van der Waals surface area (Å²) in [4.78, 5) is 40.7. The Morgan fingerprint density at radius 1 is 1.02 bits per heavy atom. The molecule has 268 valence electrons. The maximum Gasteiger partial charge on any atom is 0.336 e. The van der Waals surface area contributed by atoms with Crippen LogP contribution in [0.15, 0.2) is 54.9 Å². The number of aromatic carboxylic acids is 1. The topological polar surface area (TPSA) is 105 Å². The number of ether oxygens (including phenoxy) is 1. The third kappa shape index (κ3) is 8.22. The predicted octanol–water partition coefficient (Wildman–Crippen LogP) is 6.62. The molecule has 1 N–H and O–H groups in total. The second kappa shape index (κ2) is 14.2. The van der Waals surface area contributed by atoms with Crippen molar-refractivity contribution in [2.75, 3.05) is 32.8 Å². The van der Waals surface area contributed by atoms with Gasteiger partial charge in [-0.3, -0.25) is 14.3 Å². The summed E-state index contributed by atoms with van der Waals surface area (Å²) in [5, 5.41) is 14.4. The van der Waals surface area contributed by atoms with Crippen LogP contribution in [0.1, 0.15) is 95.7 Å². The van der Waals surface area contributed by atoms with Gasteiger partial charge in [-0.05, 0) is 65.8 Å². The number of carbonyl (C=O) groups excluding carboxylic acids is 2. The molecule has 4 fully saturated rings. The molecule has 7 rings (SSSR count). The Morgan fingerprint density at radius 3 is 2.32 bits per heavy atom. The van der Waals surface area contributed by atoms with Gasteiger partial charge in [0, 0.05) is 56.6 Å². The lowest BCUT2D eigenvalue weighted by molar-refractivity contribution is -0.132. The first kappa shape index (κ1) is 35.6. The van der Waals surface area contributed by atoms with Gasteiger partial charge in [-0.1, -0.05) is 44.2 Å². The van der Waals surface area contributed by atoms with Gasteiger partial charge in [0.05, 0.1) is 37.1 Å². The van der Waals surface area contributed by atoms with E-state index in [9.17, 15) is 32.7 Å². The van der Waals surface area contributed by atoms with Crippen LogP contribution in [-0.2, 0) is 22.7 Å². The van der Waals surface area contributed by atoms with Crippen LogP contribution in [0.4, 0.5) is 13.2 Å². The molecule has 4 aliphatic rings. The largest absolute Gasteiger partial charge is 0.478 e. The first-order valence-corrected chi connectivity index (χ1v) is 17.3. The summed E-state index contributed by atoms with van der Waals surface area (Å²) in [6.45, 7) is 7.06. The van der Waals surface area contributed by atoms with E-state index in [1.807, 2.05) is 0 Å². The maximum absolute atomic E-state index is 13.8. The minimum Gasteiger partial charge on any atom is -0.478 e. The van der Waals surface area contributed by atoms with E-state index < -0.39 is 11.9 Å². The Balaban J connectivity index is 0.000000794. The average Bonchev–Trinajstić information content (AvgIpc) is 3.41. The molecule has 3 aromatic rings. The highest BCUT2D eigenvalue weighted by Gasteiger charge is 2.55. The Morgan fingerprint density at radius 2 is 1.70 bits per heavy atom. The SMILES string of the molecule is CC1(C)CC1.O=CN1CC2(C1)CN(C(=O)c1cnn(Cc3ccc(F)cc3)c1)CC2COCc1cccc(C2CCC(F)(F)CC2)c1C(=O)O. The molecule has 2 aliphatic heterocycles. The van der Waals surface area contributed by atoms with E-state index in [1.165, 1.54) is 31.2 Å². The van der Waals surface area contributed by atoms with Gasteiger partial charge >= 0.3 is 5.97 Å². The Kier molecular flexibility index (Phi) is 10.1. The van der Waals surface area contributed by atoms with Crippen LogP contribution >= 0.6 is 0 Å². The number of benzene rings is 2. The number of carboxylic acids is 1. The lowest BCUT2D eigenvalue weighted by Crippen LogP contribution is -2.60. The van der Waals surface area contributed by atoms with Crippen molar-refractivity contribution < 1.29 is 37.4 Å². The van der Waals surface area contributed by atoms with Gasteiger partial charge in [0.15, 0.2) is 0 Å². The molecule has 2 amide bonds. The molecule has 9 nitrogen and oxygen atoms in total. The summed E-state index contributed by atoms with van der Waals surface area (Å²) < 4.78 is 48.5. The number of hydrogen-bond acceptors (Lipinski definition) is 5. The molecular formula is C38H45F3N4O5. The van der Waals surface area contributed by atoms with E-state index >= 15 is 0 Å². The van der Waals surface area contributed by atoms with Gasteiger partial charge < -0.3 is 19.6 Å². The fourth-order valence-electron chi connectivity index (χ4n) is 7.39. The number of carbonyl (C=O) groups is 3. The third-order valence-electron chi connectivity index (χ3n) is 10.8. The number of rotatable bonds is 10. The Labute approximate surface area is 290 Å². The number of halogens is 3. The summed E-state index contributed by atoms with van der Waals surface area (Å²) in [7, 11) is 0. The van der Waals surface area contributed by atoms with E-state index in [0.717, 1.165) is 17.4 Å². The van der Waals surface area contributed by atoms with Crippen LogP contribution < -0.4 is 0 Å². The van der Waals surface area contributed by atoms with Crippen molar-refractivity contribution in [2.24, 2.45) is 16.7 Å². The number of nitrogens with zero attached hydrogens (tertiary/aromatic N) is 4. The molecule has 1 atom stereocenters. The Hall–Kier alpha value is -4.19. The normalized spacial score (nSPS) is 21.7. The Bertz CT molecular complexity index is 1690. The molecule has 2 saturated heterocycles. The number of aromatic nitrogens is 2. The van der Waals surface area contributed by atoms with Crippen molar-refractivity contribution in [3.63, 3.8) is 0 Å². The third-order valence-corrected chi connectivity index (χ3v) is 10.8. The molecule has 0 bridgehead atoms. The van der Waals surface area contributed by atoms with E-state index in [1.54, 1.807) is 51.0 Å². The molecular weight excluding hydrogens is 649 g/mol. The number of likely N-dealkylation sites (tertiary alicyclic amines) is 2. The van der Waals surface area contributed by atoms with Crippen molar-refractivity contribution in [2.45, 2.75) is 77.4 Å². The minimum atomic E-state index is -2.71. The van der Waals surface area contributed by atoms with Crippen LogP contribution in [0.5, 0.6) is 0 Å². The standard InChI is InChI=1S/C33H35F3N4O5.C5H10/c34-27-6-4-22(5-7-27)13-40-14-25(12-37-40)30(42)39-15-26(32(20-39)18-38(19-32)21-41)17-45-16-24-2-1-3-28(29(24)31(43)44)23-8-10-33(35,36)11-9-23;1-5(2)3-4-5/h1-7,12,14,21,23,26H,8-11,13,15-20H2,(H,43,44);3-4H2,1-2H3. The van der Waals surface area contributed by atoms with Gasteiger partial charge in [0.1, 0.15) is 5.82 Å². The summed E-state index contributed by atoms with van der Waals surface area (Å²) >= 11 is 0. The summed E-state index contributed by atoms with van der Waals surface area (Å²) in [5.41, 5.74) is 2.83. The molecule has 12 heteroatoms. The van der Waals surface area contributed by atoms with E-state index in [4.69, 9.17) is 4.74 Å². The van der Waals surface area contributed by atoms with Crippen molar-refractivity contribution in [3.8, 4) is 0 Å². The van der Waals surface area contributed by atoms with E-state index in [2.05, 4.69) is 18.9 Å². The maximum atomic E-state index is 13.8. The van der Waals surface area contributed by atoms with Gasteiger partial charge in [-0.15, -0.1) is 0 Å². The molecule has 2 aromatic carbocycles. The van der Waals surface area contributed by atoms with E-state index in [0.29, 0.717) is 49.4 Å². The van der Waals surface area contributed by atoms with Crippen LogP contribution in [0.2, 0.25) is 0 Å². The smallest absolute Gasteiger partial charge is 0.336 e. The van der Waals surface area contributed by atoms with E-state index in [-0.39, 0.29) is 73.4 Å². The zero-order valence-corrected chi connectivity index (χ0v) is 28.6. The first-order valence-electron chi connectivity index (χ1n) is 17.3. The zero-order chi connectivity index (χ0) is 35.7. The van der Waals surface area contributed by atoms with Gasteiger partial charge in [0.2, 0.25) is 12.3 Å². The number of amides is 2. The number of carboxylic acid groups (broad SMARTS) is 1. The highest BCUT2D eigenvalue weighted by atomic mass is 19.3. The molecule has 1 aromatic heterocycles. The lowest BCUT2D eigenvalue weighted by atomic mass is 9.72. The quantitative estimate of drug-likeness (QED) is 0.240. The molecule has 50 heavy (non-hydrogen) atoms. The number of alkyl halides is 2.